The number of aromatic nitrogens is 1. The van der Waals surface area contributed by atoms with Crippen molar-refractivity contribution in [2.75, 3.05) is 19.5 Å². The third-order valence-corrected chi connectivity index (χ3v) is 2.72. The number of amides is 1. The van der Waals surface area contributed by atoms with Crippen molar-refractivity contribution in [3.63, 3.8) is 0 Å². The summed E-state index contributed by atoms with van der Waals surface area (Å²) in [6.45, 7) is 0.323. The zero-order chi connectivity index (χ0) is 15.1. The Bertz CT molecular complexity index is 599. The Labute approximate surface area is 122 Å². The Morgan fingerprint density at radius 1 is 1.33 bits per heavy atom. The molecular weight excluding hydrogens is 270 g/mol. The van der Waals surface area contributed by atoms with E-state index in [2.05, 4.69) is 10.3 Å². The van der Waals surface area contributed by atoms with Gasteiger partial charge in [0.1, 0.15) is 5.75 Å². The van der Waals surface area contributed by atoms with E-state index < -0.39 is 0 Å². The summed E-state index contributed by atoms with van der Waals surface area (Å²) < 4.78 is 10.3. The molecule has 0 bridgehead atoms. The number of ether oxygens (including phenoxy) is 2. The van der Waals surface area contributed by atoms with Crippen LogP contribution in [-0.2, 0) is 11.3 Å². The number of rotatable bonds is 6. The normalized spacial score (nSPS) is 9.95. The Kier molecular flexibility index (Phi) is 4.98. The van der Waals surface area contributed by atoms with E-state index in [1.54, 1.807) is 43.6 Å². The molecule has 0 fully saturated rings. The van der Waals surface area contributed by atoms with Crippen LogP contribution >= 0.6 is 0 Å². The van der Waals surface area contributed by atoms with Gasteiger partial charge in [0, 0.05) is 30.6 Å². The number of hydrogen-bond acceptors (Lipinski definition) is 5. The first-order valence-electron chi connectivity index (χ1n) is 6.41. The Hall–Kier alpha value is -2.76. The van der Waals surface area contributed by atoms with Crippen LogP contribution in [0, 0.1) is 0 Å². The van der Waals surface area contributed by atoms with Crippen LogP contribution in [0.5, 0.6) is 11.6 Å². The van der Waals surface area contributed by atoms with Crippen LogP contribution in [0.4, 0.5) is 5.69 Å². The van der Waals surface area contributed by atoms with E-state index >= 15 is 0 Å². The van der Waals surface area contributed by atoms with Gasteiger partial charge in [0.25, 0.3) is 5.91 Å². The molecule has 6 heteroatoms. The molecule has 0 unspecified atom stereocenters. The number of nitrogen functional groups attached to an aromatic ring is 1. The largest absolute Gasteiger partial charge is 0.484 e. The number of hydrogen-bond donors (Lipinski definition) is 2. The maximum Gasteiger partial charge on any atom is 0.258 e. The topological polar surface area (TPSA) is 86.5 Å². The fourth-order valence-electron chi connectivity index (χ4n) is 1.64. The molecular formula is C15H17N3O3. The lowest BCUT2D eigenvalue weighted by molar-refractivity contribution is -0.123. The highest BCUT2D eigenvalue weighted by atomic mass is 16.5. The first kappa shape index (κ1) is 14.6. The lowest BCUT2D eigenvalue weighted by Gasteiger charge is -2.08. The van der Waals surface area contributed by atoms with Crippen molar-refractivity contribution in [2.45, 2.75) is 6.54 Å². The number of nitrogens with one attached hydrogen (secondary N) is 1. The van der Waals surface area contributed by atoms with Crippen LogP contribution in [0.2, 0.25) is 0 Å². The van der Waals surface area contributed by atoms with Crippen LogP contribution in [0.25, 0.3) is 0 Å². The standard InChI is InChI=1S/C15H17N3O3/c1-20-15-6-5-11(9-18-15)8-17-14(19)10-21-13-4-2-3-12(16)7-13/h2-7,9H,8,10,16H2,1H3,(H,17,19). The Morgan fingerprint density at radius 2 is 2.19 bits per heavy atom. The minimum atomic E-state index is -0.215. The van der Waals surface area contributed by atoms with E-state index in [9.17, 15) is 4.79 Å². The fraction of sp³-hybridized carbons (Fsp3) is 0.200. The lowest BCUT2D eigenvalue weighted by atomic mass is 10.3. The summed E-state index contributed by atoms with van der Waals surface area (Å²) in [4.78, 5) is 15.7. The van der Waals surface area contributed by atoms with Gasteiger partial charge in [-0.05, 0) is 17.7 Å². The van der Waals surface area contributed by atoms with Gasteiger partial charge in [-0.2, -0.15) is 0 Å². The van der Waals surface area contributed by atoms with E-state index in [1.165, 1.54) is 0 Å². The van der Waals surface area contributed by atoms with Gasteiger partial charge in [0.2, 0.25) is 5.88 Å². The molecule has 0 aliphatic heterocycles. The number of methoxy groups -OCH3 is 1. The van der Waals surface area contributed by atoms with Crippen LogP contribution in [0.1, 0.15) is 5.56 Å². The predicted octanol–water partition coefficient (Wildman–Crippen LogP) is 1.37. The molecule has 3 N–H and O–H groups in total. The van der Waals surface area contributed by atoms with Crippen LogP contribution in [0.3, 0.4) is 0 Å². The summed E-state index contributed by atoms with van der Waals surface area (Å²) in [5, 5.41) is 2.75. The van der Waals surface area contributed by atoms with E-state index in [0.29, 0.717) is 23.9 Å². The molecule has 1 aromatic heterocycles. The quantitative estimate of drug-likeness (QED) is 0.784. The molecule has 1 amide bonds. The van der Waals surface area contributed by atoms with E-state index in [-0.39, 0.29) is 12.5 Å². The van der Waals surface area contributed by atoms with E-state index in [4.69, 9.17) is 15.2 Å². The highest BCUT2D eigenvalue weighted by molar-refractivity contribution is 5.77. The van der Waals surface area contributed by atoms with Crippen LogP contribution < -0.4 is 20.5 Å². The lowest BCUT2D eigenvalue weighted by Crippen LogP contribution is -2.28. The highest BCUT2D eigenvalue weighted by Crippen LogP contribution is 2.14. The number of benzene rings is 1. The van der Waals surface area contributed by atoms with E-state index in [0.717, 1.165) is 5.56 Å². The zero-order valence-corrected chi connectivity index (χ0v) is 11.7. The minimum absolute atomic E-state index is 0.0625. The zero-order valence-electron chi connectivity index (χ0n) is 11.7. The van der Waals surface area contributed by atoms with Crippen molar-refractivity contribution in [2.24, 2.45) is 0 Å². The molecule has 2 rings (SSSR count). The average molecular weight is 287 g/mol. The number of carbonyl (C=O) groups is 1. The van der Waals surface area contributed by atoms with Gasteiger partial charge in [-0.15, -0.1) is 0 Å². The van der Waals surface area contributed by atoms with Crippen molar-refractivity contribution in [3.8, 4) is 11.6 Å². The number of pyridine rings is 1. The van der Waals surface area contributed by atoms with Crippen molar-refractivity contribution in [3.05, 3.63) is 48.2 Å². The van der Waals surface area contributed by atoms with Gasteiger partial charge in [-0.25, -0.2) is 4.98 Å². The Morgan fingerprint density at radius 3 is 2.86 bits per heavy atom. The molecule has 0 aliphatic rings. The third kappa shape index (κ3) is 4.68. The molecule has 0 saturated carbocycles. The average Bonchev–Trinajstić information content (AvgIpc) is 2.51. The summed E-state index contributed by atoms with van der Waals surface area (Å²) in [6.07, 6.45) is 1.65. The summed E-state index contributed by atoms with van der Waals surface area (Å²) in [5.74, 6) is 0.889. The van der Waals surface area contributed by atoms with Gasteiger partial charge in [-0.3, -0.25) is 4.79 Å². The summed E-state index contributed by atoms with van der Waals surface area (Å²) >= 11 is 0. The van der Waals surface area contributed by atoms with E-state index in [1.807, 2.05) is 6.07 Å². The fourth-order valence-corrected chi connectivity index (χ4v) is 1.64. The second kappa shape index (κ2) is 7.14. The van der Waals surface area contributed by atoms with Crippen molar-refractivity contribution in [1.82, 2.24) is 10.3 Å². The van der Waals surface area contributed by atoms with Gasteiger partial charge in [0.05, 0.1) is 7.11 Å². The van der Waals surface area contributed by atoms with Crippen molar-refractivity contribution in [1.29, 1.82) is 0 Å². The molecule has 1 aromatic carbocycles. The molecule has 0 aliphatic carbocycles. The number of carbonyl (C=O) groups excluding carboxylic acids is 1. The molecule has 21 heavy (non-hydrogen) atoms. The maximum atomic E-state index is 11.7. The molecule has 1 heterocycles. The van der Waals surface area contributed by atoms with Crippen molar-refractivity contribution >= 4 is 11.6 Å². The molecule has 0 radical (unpaired) electrons. The second-order valence-electron chi connectivity index (χ2n) is 4.35. The SMILES string of the molecule is COc1ccc(CNC(=O)COc2cccc(N)c2)cn1. The van der Waals surface area contributed by atoms with Gasteiger partial charge < -0.3 is 20.5 Å². The molecule has 2 aromatic rings. The molecule has 0 atom stereocenters. The second-order valence-corrected chi connectivity index (χ2v) is 4.35. The first-order chi connectivity index (χ1) is 10.2. The predicted molar refractivity (Wildman–Crippen MR) is 79.0 cm³/mol. The summed E-state index contributed by atoms with van der Waals surface area (Å²) in [5.41, 5.74) is 7.10. The molecule has 6 nitrogen and oxygen atoms in total. The summed E-state index contributed by atoms with van der Waals surface area (Å²) in [7, 11) is 1.55. The van der Waals surface area contributed by atoms with Gasteiger partial charge in [-0.1, -0.05) is 12.1 Å². The van der Waals surface area contributed by atoms with Gasteiger partial charge in [0.15, 0.2) is 6.61 Å². The van der Waals surface area contributed by atoms with Gasteiger partial charge >= 0.3 is 0 Å². The number of nitrogens with zero attached hydrogens (tertiary/aromatic N) is 1. The monoisotopic (exact) mass is 287 g/mol. The Balaban J connectivity index is 1.76. The minimum Gasteiger partial charge on any atom is -0.484 e. The number of anilines is 1. The highest BCUT2D eigenvalue weighted by Gasteiger charge is 2.03. The molecule has 0 saturated heterocycles. The van der Waals surface area contributed by atoms with Crippen LogP contribution in [-0.4, -0.2) is 24.6 Å². The number of nitrogens with two attached hydrogens (primary N) is 1. The third-order valence-electron chi connectivity index (χ3n) is 2.72. The summed E-state index contributed by atoms with van der Waals surface area (Å²) in [6, 6.07) is 10.5. The van der Waals surface area contributed by atoms with Crippen molar-refractivity contribution < 1.29 is 14.3 Å². The molecule has 110 valence electrons. The smallest absolute Gasteiger partial charge is 0.258 e. The first-order valence-corrected chi connectivity index (χ1v) is 6.41. The molecule has 0 spiro atoms. The maximum absolute atomic E-state index is 11.7. The van der Waals surface area contributed by atoms with Crippen LogP contribution in [0.15, 0.2) is 42.6 Å².